The topological polar surface area (TPSA) is 53.1 Å². The second-order valence-electron chi connectivity index (χ2n) is 9.21. The van der Waals surface area contributed by atoms with Gasteiger partial charge in [-0.15, -0.1) is 0 Å². The second-order valence-corrected chi connectivity index (χ2v) is 9.21. The van der Waals surface area contributed by atoms with Crippen molar-refractivity contribution in [3.63, 3.8) is 0 Å². The number of imide groups is 1. The number of hydrogen-bond acceptors (Lipinski definition) is 5. The van der Waals surface area contributed by atoms with Gasteiger partial charge in [-0.3, -0.25) is 19.4 Å². The molecule has 3 aromatic carbocycles. The van der Waals surface area contributed by atoms with Gasteiger partial charge in [0.25, 0.3) is 11.8 Å². The predicted octanol–water partition coefficient (Wildman–Crippen LogP) is 4.83. The summed E-state index contributed by atoms with van der Waals surface area (Å²) < 4.78 is 44.3. The maximum Gasteiger partial charge on any atom is 0.416 e. The van der Waals surface area contributed by atoms with E-state index in [1.807, 2.05) is 18.2 Å². The summed E-state index contributed by atoms with van der Waals surface area (Å²) >= 11 is 0. The Hall–Kier alpha value is -3.85. The molecule has 37 heavy (non-hydrogen) atoms. The van der Waals surface area contributed by atoms with Gasteiger partial charge in [0, 0.05) is 32.7 Å². The SMILES string of the molecule is COc1ccc(CN2C(=O)c3cccc(N4CCN(Cc5cccc(C(F)(F)F)c5)CC4)c3C2=O)cc1. The minimum Gasteiger partial charge on any atom is -0.497 e. The predicted molar refractivity (Wildman–Crippen MR) is 133 cm³/mol. The Morgan fingerprint density at radius 2 is 1.51 bits per heavy atom. The molecule has 9 heteroatoms. The van der Waals surface area contributed by atoms with Crippen molar-refractivity contribution in [3.05, 3.63) is 94.5 Å². The van der Waals surface area contributed by atoms with Gasteiger partial charge in [0.05, 0.1) is 36.0 Å². The molecule has 0 spiro atoms. The summed E-state index contributed by atoms with van der Waals surface area (Å²) in [5.41, 5.74) is 2.30. The molecule has 0 saturated carbocycles. The van der Waals surface area contributed by atoms with Crippen molar-refractivity contribution in [3.8, 4) is 5.75 Å². The molecule has 2 aliphatic rings. The van der Waals surface area contributed by atoms with Crippen LogP contribution in [-0.4, -0.2) is 54.9 Å². The fourth-order valence-electron chi connectivity index (χ4n) is 4.89. The zero-order chi connectivity index (χ0) is 26.2. The van der Waals surface area contributed by atoms with Gasteiger partial charge in [0.15, 0.2) is 0 Å². The Bertz CT molecular complexity index is 1320. The number of benzene rings is 3. The van der Waals surface area contributed by atoms with Crippen molar-refractivity contribution < 1.29 is 27.5 Å². The number of fused-ring (bicyclic) bond motifs is 1. The summed E-state index contributed by atoms with van der Waals surface area (Å²) in [5.74, 6) is 0.0549. The number of rotatable bonds is 6. The summed E-state index contributed by atoms with van der Waals surface area (Å²) in [4.78, 5) is 31.9. The summed E-state index contributed by atoms with van der Waals surface area (Å²) in [6.45, 7) is 3.01. The van der Waals surface area contributed by atoms with E-state index in [-0.39, 0.29) is 18.4 Å². The highest BCUT2D eigenvalue weighted by molar-refractivity contribution is 6.23. The lowest BCUT2D eigenvalue weighted by atomic mass is 10.1. The second kappa shape index (κ2) is 9.89. The van der Waals surface area contributed by atoms with Crippen molar-refractivity contribution in [2.75, 3.05) is 38.2 Å². The summed E-state index contributed by atoms with van der Waals surface area (Å²) in [5, 5.41) is 0. The fourth-order valence-corrected chi connectivity index (χ4v) is 4.89. The van der Waals surface area contributed by atoms with Gasteiger partial charge in [0.1, 0.15) is 5.75 Å². The van der Waals surface area contributed by atoms with Gasteiger partial charge in [0.2, 0.25) is 0 Å². The van der Waals surface area contributed by atoms with Crippen molar-refractivity contribution in [1.82, 2.24) is 9.80 Å². The van der Waals surface area contributed by atoms with Gasteiger partial charge in [-0.2, -0.15) is 13.2 Å². The number of piperazine rings is 1. The Labute approximate surface area is 212 Å². The zero-order valence-corrected chi connectivity index (χ0v) is 20.3. The van der Waals surface area contributed by atoms with E-state index in [1.54, 1.807) is 37.4 Å². The third-order valence-electron chi connectivity index (χ3n) is 6.85. The lowest BCUT2D eigenvalue weighted by molar-refractivity contribution is -0.137. The molecule has 192 valence electrons. The number of amides is 2. The first-order valence-corrected chi connectivity index (χ1v) is 12.0. The number of methoxy groups -OCH3 is 1. The van der Waals surface area contributed by atoms with Crippen LogP contribution in [0.4, 0.5) is 18.9 Å². The lowest BCUT2D eigenvalue weighted by Gasteiger charge is -2.36. The van der Waals surface area contributed by atoms with Crippen LogP contribution in [0.15, 0.2) is 66.7 Å². The summed E-state index contributed by atoms with van der Waals surface area (Å²) in [7, 11) is 1.58. The minimum atomic E-state index is -4.37. The third kappa shape index (κ3) is 5.04. The van der Waals surface area contributed by atoms with Crippen LogP contribution in [0.25, 0.3) is 0 Å². The Kier molecular flexibility index (Phi) is 6.64. The summed E-state index contributed by atoms with van der Waals surface area (Å²) in [6.07, 6.45) is -4.37. The smallest absolute Gasteiger partial charge is 0.416 e. The van der Waals surface area contributed by atoms with Gasteiger partial charge in [-0.05, 0) is 41.5 Å². The van der Waals surface area contributed by atoms with Crippen LogP contribution in [0.2, 0.25) is 0 Å². The molecule has 2 aliphatic heterocycles. The van der Waals surface area contributed by atoms with E-state index in [9.17, 15) is 22.8 Å². The van der Waals surface area contributed by atoms with Crippen LogP contribution >= 0.6 is 0 Å². The molecule has 2 heterocycles. The quantitative estimate of drug-likeness (QED) is 0.446. The van der Waals surface area contributed by atoms with E-state index in [2.05, 4.69) is 9.80 Å². The monoisotopic (exact) mass is 509 g/mol. The highest BCUT2D eigenvalue weighted by Gasteiger charge is 2.39. The van der Waals surface area contributed by atoms with Crippen LogP contribution in [0.5, 0.6) is 5.75 Å². The van der Waals surface area contributed by atoms with Crippen LogP contribution in [0.1, 0.15) is 37.4 Å². The molecule has 0 radical (unpaired) electrons. The number of alkyl halides is 3. The number of ether oxygens (including phenoxy) is 1. The first-order valence-electron chi connectivity index (χ1n) is 12.0. The van der Waals surface area contributed by atoms with Gasteiger partial charge < -0.3 is 9.64 Å². The maximum absolute atomic E-state index is 13.4. The van der Waals surface area contributed by atoms with Crippen molar-refractivity contribution in [2.24, 2.45) is 0 Å². The standard InChI is InChI=1S/C28H26F3N3O3/c1-37-22-10-8-19(9-11-22)18-34-26(35)23-6-3-7-24(25(23)27(34)36)33-14-12-32(13-15-33)17-20-4-2-5-21(16-20)28(29,30)31/h2-11,16H,12-15,17-18H2,1H3. The molecule has 6 nitrogen and oxygen atoms in total. The molecule has 0 aliphatic carbocycles. The molecule has 0 atom stereocenters. The van der Waals surface area contributed by atoms with Crippen LogP contribution in [0.3, 0.4) is 0 Å². The highest BCUT2D eigenvalue weighted by Crippen LogP contribution is 2.34. The van der Waals surface area contributed by atoms with E-state index in [0.717, 1.165) is 11.6 Å². The molecule has 2 amide bonds. The number of anilines is 1. The molecule has 0 unspecified atom stereocenters. The number of carbonyl (C=O) groups is 2. The summed E-state index contributed by atoms with van der Waals surface area (Å²) in [6, 6.07) is 17.9. The molecule has 1 fully saturated rings. The number of halogens is 3. The van der Waals surface area contributed by atoms with E-state index < -0.39 is 11.7 Å². The van der Waals surface area contributed by atoms with E-state index in [0.29, 0.717) is 60.9 Å². The van der Waals surface area contributed by atoms with Gasteiger partial charge >= 0.3 is 6.18 Å². The first kappa shape index (κ1) is 24.8. The maximum atomic E-state index is 13.4. The van der Waals surface area contributed by atoms with Gasteiger partial charge in [-0.25, -0.2) is 0 Å². The number of nitrogens with zero attached hydrogens (tertiary/aromatic N) is 3. The molecule has 5 rings (SSSR count). The average molecular weight is 510 g/mol. The fraction of sp³-hybridized carbons (Fsp3) is 0.286. The van der Waals surface area contributed by atoms with E-state index in [1.165, 1.54) is 17.0 Å². The van der Waals surface area contributed by atoms with Crippen molar-refractivity contribution >= 4 is 17.5 Å². The lowest BCUT2D eigenvalue weighted by Crippen LogP contribution is -2.46. The van der Waals surface area contributed by atoms with E-state index in [4.69, 9.17) is 4.74 Å². The van der Waals surface area contributed by atoms with Crippen molar-refractivity contribution in [1.29, 1.82) is 0 Å². The molecular formula is C28H26F3N3O3. The van der Waals surface area contributed by atoms with Crippen molar-refractivity contribution in [2.45, 2.75) is 19.3 Å². The van der Waals surface area contributed by atoms with Crippen LogP contribution < -0.4 is 9.64 Å². The zero-order valence-electron chi connectivity index (χ0n) is 20.3. The normalized spacial score (nSPS) is 16.3. The average Bonchev–Trinajstić information content (AvgIpc) is 3.14. The Morgan fingerprint density at radius 1 is 0.811 bits per heavy atom. The largest absolute Gasteiger partial charge is 0.497 e. The minimum absolute atomic E-state index is 0.167. The van der Waals surface area contributed by atoms with E-state index >= 15 is 0 Å². The van der Waals surface area contributed by atoms with Gasteiger partial charge in [-0.1, -0.05) is 36.4 Å². The highest BCUT2D eigenvalue weighted by atomic mass is 19.4. The van der Waals surface area contributed by atoms with Crippen LogP contribution in [-0.2, 0) is 19.3 Å². The Balaban J connectivity index is 1.27. The molecule has 0 aromatic heterocycles. The number of carbonyl (C=O) groups excluding carboxylic acids is 2. The molecule has 3 aromatic rings. The molecule has 0 bridgehead atoms. The Morgan fingerprint density at radius 3 is 2.19 bits per heavy atom. The molecule has 0 N–H and O–H groups in total. The van der Waals surface area contributed by atoms with Crippen LogP contribution in [0, 0.1) is 0 Å². The third-order valence-corrected chi connectivity index (χ3v) is 6.85. The first-order chi connectivity index (χ1) is 17.7. The number of hydrogen-bond donors (Lipinski definition) is 0. The molecular weight excluding hydrogens is 483 g/mol. The molecule has 1 saturated heterocycles.